The van der Waals surface area contributed by atoms with Crippen molar-refractivity contribution in [3.63, 3.8) is 0 Å². The normalized spacial score (nSPS) is 24.2. The molecule has 2 rings (SSSR count). The SMILES string of the molecule is C=CCC1(C(=O)N[C@H](C)CN2CCOCC2)CCCCC1. The Balaban J connectivity index is 1.86. The van der Waals surface area contributed by atoms with Gasteiger partial charge in [0, 0.05) is 25.7 Å². The summed E-state index contributed by atoms with van der Waals surface area (Å²) in [6, 6.07) is 0.194. The first-order valence-electron chi connectivity index (χ1n) is 8.38. The molecule has 120 valence electrons. The molecule has 2 aliphatic rings. The second-order valence-electron chi connectivity index (χ2n) is 6.62. The summed E-state index contributed by atoms with van der Waals surface area (Å²) in [5, 5.41) is 3.25. The number of amides is 1. The van der Waals surface area contributed by atoms with E-state index in [2.05, 4.69) is 23.7 Å². The van der Waals surface area contributed by atoms with Gasteiger partial charge in [0.1, 0.15) is 0 Å². The predicted octanol–water partition coefficient (Wildman–Crippen LogP) is 2.35. The highest BCUT2D eigenvalue weighted by Crippen LogP contribution is 2.39. The second-order valence-corrected chi connectivity index (χ2v) is 6.62. The molecule has 4 heteroatoms. The molecule has 1 saturated heterocycles. The van der Waals surface area contributed by atoms with Crippen LogP contribution in [0.25, 0.3) is 0 Å². The Morgan fingerprint density at radius 2 is 2.00 bits per heavy atom. The summed E-state index contributed by atoms with van der Waals surface area (Å²) >= 11 is 0. The maximum Gasteiger partial charge on any atom is 0.226 e. The van der Waals surface area contributed by atoms with Crippen molar-refractivity contribution in [2.45, 2.75) is 51.5 Å². The number of hydrogen-bond acceptors (Lipinski definition) is 3. The second kappa shape index (κ2) is 7.95. The molecule has 1 aliphatic carbocycles. The lowest BCUT2D eigenvalue weighted by Crippen LogP contribution is -2.50. The van der Waals surface area contributed by atoms with E-state index < -0.39 is 0 Å². The third kappa shape index (κ3) is 4.55. The van der Waals surface area contributed by atoms with Gasteiger partial charge in [-0.1, -0.05) is 25.3 Å². The van der Waals surface area contributed by atoms with Crippen molar-refractivity contribution >= 4 is 5.91 Å². The van der Waals surface area contributed by atoms with Crippen LogP contribution in [0.2, 0.25) is 0 Å². The van der Waals surface area contributed by atoms with Gasteiger partial charge in [-0.05, 0) is 26.2 Å². The van der Waals surface area contributed by atoms with E-state index in [9.17, 15) is 4.79 Å². The molecule has 0 bridgehead atoms. The lowest BCUT2D eigenvalue weighted by Gasteiger charge is -2.37. The molecule has 2 fully saturated rings. The van der Waals surface area contributed by atoms with Gasteiger partial charge >= 0.3 is 0 Å². The highest BCUT2D eigenvalue weighted by atomic mass is 16.5. The maximum atomic E-state index is 12.8. The first kappa shape index (κ1) is 16.5. The number of hydrogen-bond donors (Lipinski definition) is 1. The number of rotatable bonds is 6. The lowest BCUT2D eigenvalue weighted by molar-refractivity contribution is -0.133. The molecule has 1 amide bonds. The highest BCUT2D eigenvalue weighted by molar-refractivity contribution is 5.83. The van der Waals surface area contributed by atoms with Crippen molar-refractivity contribution in [1.29, 1.82) is 0 Å². The lowest BCUT2D eigenvalue weighted by atomic mass is 9.71. The number of nitrogens with zero attached hydrogens (tertiary/aromatic N) is 1. The number of allylic oxidation sites excluding steroid dienone is 1. The van der Waals surface area contributed by atoms with E-state index in [1.54, 1.807) is 0 Å². The molecule has 1 heterocycles. The van der Waals surface area contributed by atoms with Crippen molar-refractivity contribution in [3.05, 3.63) is 12.7 Å². The Morgan fingerprint density at radius 3 is 2.62 bits per heavy atom. The average molecular weight is 294 g/mol. The molecule has 0 radical (unpaired) electrons. The molecule has 0 spiro atoms. The first-order valence-corrected chi connectivity index (χ1v) is 8.38. The molecule has 0 aromatic carbocycles. The minimum absolute atomic E-state index is 0.194. The molecule has 4 nitrogen and oxygen atoms in total. The molecule has 0 aromatic rings. The van der Waals surface area contributed by atoms with Crippen molar-refractivity contribution in [2.24, 2.45) is 5.41 Å². The van der Waals surface area contributed by atoms with E-state index >= 15 is 0 Å². The summed E-state index contributed by atoms with van der Waals surface area (Å²) in [5.41, 5.74) is -0.195. The monoisotopic (exact) mass is 294 g/mol. The van der Waals surface area contributed by atoms with Crippen LogP contribution in [-0.2, 0) is 9.53 Å². The van der Waals surface area contributed by atoms with Gasteiger partial charge in [-0.3, -0.25) is 9.69 Å². The molecule has 1 N–H and O–H groups in total. The van der Waals surface area contributed by atoms with Gasteiger partial charge in [0.2, 0.25) is 5.91 Å². The largest absolute Gasteiger partial charge is 0.379 e. The van der Waals surface area contributed by atoms with Crippen LogP contribution in [-0.4, -0.2) is 49.7 Å². The molecule has 21 heavy (non-hydrogen) atoms. The number of morpholine rings is 1. The molecule has 1 aliphatic heterocycles. The van der Waals surface area contributed by atoms with Gasteiger partial charge in [-0.25, -0.2) is 0 Å². The first-order chi connectivity index (χ1) is 10.2. The van der Waals surface area contributed by atoms with Gasteiger partial charge in [0.05, 0.1) is 18.6 Å². The van der Waals surface area contributed by atoms with Crippen LogP contribution in [0, 0.1) is 5.41 Å². The van der Waals surface area contributed by atoms with Crippen molar-refractivity contribution in [1.82, 2.24) is 10.2 Å². The van der Waals surface area contributed by atoms with Gasteiger partial charge in [-0.15, -0.1) is 6.58 Å². The molecule has 1 saturated carbocycles. The number of nitrogens with one attached hydrogen (secondary N) is 1. The van der Waals surface area contributed by atoms with E-state index in [-0.39, 0.29) is 17.4 Å². The Morgan fingerprint density at radius 1 is 1.33 bits per heavy atom. The van der Waals surface area contributed by atoms with E-state index in [1.165, 1.54) is 19.3 Å². The van der Waals surface area contributed by atoms with Crippen LogP contribution in [0.1, 0.15) is 45.4 Å². The smallest absolute Gasteiger partial charge is 0.226 e. The molecular weight excluding hydrogens is 264 g/mol. The predicted molar refractivity (Wildman–Crippen MR) is 85.2 cm³/mol. The van der Waals surface area contributed by atoms with Gasteiger partial charge < -0.3 is 10.1 Å². The number of carbonyl (C=O) groups is 1. The summed E-state index contributed by atoms with van der Waals surface area (Å²) in [6.07, 6.45) is 8.33. The van der Waals surface area contributed by atoms with Gasteiger partial charge in [0.25, 0.3) is 0 Å². The summed E-state index contributed by atoms with van der Waals surface area (Å²) in [6.45, 7) is 10.4. The third-order valence-corrected chi connectivity index (χ3v) is 4.84. The quantitative estimate of drug-likeness (QED) is 0.765. The van der Waals surface area contributed by atoms with Gasteiger partial charge in [-0.2, -0.15) is 0 Å². The zero-order valence-electron chi connectivity index (χ0n) is 13.4. The van der Waals surface area contributed by atoms with E-state index in [4.69, 9.17) is 4.74 Å². The van der Waals surface area contributed by atoms with E-state index in [0.717, 1.165) is 52.1 Å². The highest BCUT2D eigenvalue weighted by Gasteiger charge is 2.38. The standard InChI is InChI=1S/C17H30N2O2/c1-3-7-17(8-5-4-6-9-17)16(20)18-15(2)14-19-10-12-21-13-11-19/h3,15H,1,4-14H2,2H3,(H,18,20)/t15-/m1/s1. The van der Waals surface area contributed by atoms with E-state index in [0.29, 0.717) is 0 Å². The van der Waals surface area contributed by atoms with Crippen LogP contribution < -0.4 is 5.32 Å². The molecule has 0 unspecified atom stereocenters. The minimum Gasteiger partial charge on any atom is -0.379 e. The Hall–Kier alpha value is -0.870. The fraction of sp³-hybridized carbons (Fsp3) is 0.824. The number of ether oxygens (including phenoxy) is 1. The molecular formula is C17H30N2O2. The average Bonchev–Trinajstić information content (AvgIpc) is 2.49. The maximum absolute atomic E-state index is 12.8. The van der Waals surface area contributed by atoms with Crippen molar-refractivity contribution in [3.8, 4) is 0 Å². The Bertz CT molecular complexity index is 345. The zero-order valence-corrected chi connectivity index (χ0v) is 13.4. The van der Waals surface area contributed by atoms with Crippen LogP contribution in [0.3, 0.4) is 0 Å². The molecule has 1 atom stereocenters. The minimum atomic E-state index is -0.195. The molecule has 0 aromatic heterocycles. The zero-order chi connectivity index (χ0) is 15.1. The summed E-state index contributed by atoms with van der Waals surface area (Å²) in [7, 11) is 0. The van der Waals surface area contributed by atoms with E-state index in [1.807, 2.05) is 6.08 Å². The van der Waals surface area contributed by atoms with Crippen molar-refractivity contribution in [2.75, 3.05) is 32.8 Å². The van der Waals surface area contributed by atoms with Crippen LogP contribution >= 0.6 is 0 Å². The topological polar surface area (TPSA) is 41.6 Å². The van der Waals surface area contributed by atoms with Gasteiger partial charge in [0.15, 0.2) is 0 Å². The Kier molecular flexibility index (Phi) is 6.24. The number of carbonyl (C=O) groups excluding carboxylic acids is 1. The third-order valence-electron chi connectivity index (χ3n) is 4.84. The summed E-state index contributed by atoms with van der Waals surface area (Å²) in [4.78, 5) is 15.1. The Labute approximate surface area is 128 Å². The van der Waals surface area contributed by atoms with Crippen LogP contribution in [0.4, 0.5) is 0 Å². The summed E-state index contributed by atoms with van der Waals surface area (Å²) in [5.74, 6) is 0.239. The van der Waals surface area contributed by atoms with Crippen LogP contribution in [0.5, 0.6) is 0 Å². The fourth-order valence-corrected chi connectivity index (χ4v) is 3.62. The summed E-state index contributed by atoms with van der Waals surface area (Å²) < 4.78 is 5.37. The fourth-order valence-electron chi connectivity index (χ4n) is 3.62. The van der Waals surface area contributed by atoms with Crippen molar-refractivity contribution < 1.29 is 9.53 Å². The van der Waals surface area contributed by atoms with Crippen LogP contribution in [0.15, 0.2) is 12.7 Å².